The molecule has 66 valence electrons. The number of nitriles is 1. The van der Waals surface area contributed by atoms with Crippen LogP contribution in [0.2, 0.25) is 0 Å². The van der Waals surface area contributed by atoms with Crippen LogP contribution in [0.4, 0.5) is 0 Å². The normalized spacial score (nSPS) is 11.7. The Kier molecular flexibility index (Phi) is 3.18. The lowest BCUT2D eigenvalue weighted by molar-refractivity contribution is 0.737. The van der Waals surface area contributed by atoms with Gasteiger partial charge in [0.2, 0.25) is 0 Å². The summed E-state index contributed by atoms with van der Waals surface area (Å²) in [4.78, 5) is 3.92. The summed E-state index contributed by atoms with van der Waals surface area (Å²) in [5, 5.41) is 8.62. The monoisotopic (exact) mass is 173 g/mol. The maximum atomic E-state index is 8.62. The number of nitrogens with two attached hydrogens (primary N) is 1. The first-order chi connectivity index (χ1) is 6.27. The fraction of sp³-hybridized carbons (Fsp3) is 0.200. The maximum Gasteiger partial charge on any atom is 0.101 e. The van der Waals surface area contributed by atoms with Gasteiger partial charge in [-0.2, -0.15) is 5.26 Å². The third-order valence-electron chi connectivity index (χ3n) is 1.74. The second kappa shape index (κ2) is 4.39. The van der Waals surface area contributed by atoms with Crippen LogP contribution >= 0.6 is 0 Å². The lowest BCUT2D eigenvalue weighted by Gasteiger charge is -2.08. The Bertz CT molecular complexity index is 338. The highest BCUT2D eigenvalue weighted by atomic mass is 14.7. The quantitative estimate of drug-likeness (QED) is 0.705. The first-order valence-corrected chi connectivity index (χ1v) is 3.99. The van der Waals surface area contributed by atoms with Crippen molar-refractivity contribution < 1.29 is 0 Å². The molecule has 1 aromatic heterocycles. The van der Waals surface area contributed by atoms with Crippen LogP contribution in [0.3, 0.4) is 0 Å². The molecule has 0 saturated carbocycles. The Hall–Kier alpha value is -1.66. The number of aromatic nitrogens is 1. The van der Waals surface area contributed by atoms with Gasteiger partial charge in [-0.1, -0.05) is 6.08 Å². The van der Waals surface area contributed by atoms with Crippen molar-refractivity contribution in [2.45, 2.75) is 12.5 Å². The molecule has 0 spiro atoms. The molecule has 2 N–H and O–H groups in total. The van der Waals surface area contributed by atoms with Crippen molar-refractivity contribution in [3.05, 3.63) is 42.2 Å². The molecule has 0 aliphatic heterocycles. The van der Waals surface area contributed by atoms with Gasteiger partial charge in [-0.15, -0.1) is 6.58 Å². The average Bonchev–Trinajstić information content (AvgIpc) is 2.18. The molecular weight excluding hydrogens is 162 g/mol. The fourth-order valence-corrected chi connectivity index (χ4v) is 1.04. The summed E-state index contributed by atoms with van der Waals surface area (Å²) in [6.07, 6.45) is 5.64. The van der Waals surface area contributed by atoms with Gasteiger partial charge in [-0.3, -0.25) is 4.98 Å². The van der Waals surface area contributed by atoms with Crippen LogP contribution < -0.4 is 5.73 Å². The summed E-state index contributed by atoms with van der Waals surface area (Å²) < 4.78 is 0. The Morgan fingerprint density at radius 2 is 2.46 bits per heavy atom. The molecule has 0 bridgehead atoms. The zero-order valence-corrected chi connectivity index (χ0v) is 7.27. The van der Waals surface area contributed by atoms with Crippen LogP contribution in [0.15, 0.2) is 31.1 Å². The molecule has 0 aliphatic rings. The molecule has 0 radical (unpaired) electrons. The van der Waals surface area contributed by atoms with Crippen molar-refractivity contribution in [1.82, 2.24) is 4.98 Å². The molecule has 0 aromatic carbocycles. The SMILES string of the molecule is C=CCC(N)c1cncc(C#N)c1. The van der Waals surface area contributed by atoms with Crippen molar-refractivity contribution in [2.24, 2.45) is 5.73 Å². The van der Waals surface area contributed by atoms with Crippen LogP contribution in [0.5, 0.6) is 0 Å². The van der Waals surface area contributed by atoms with E-state index in [1.807, 2.05) is 6.07 Å². The van der Waals surface area contributed by atoms with Crippen LogP contribution in [0, 0.1) is 11.3 Å². The van der Waals surface area contributed by atoms with Gasteiger partial charge in [0, 0.05) is 18.4 Å². The van der Waals surface area contributed by atoms with E-state index >= 15 is 0 Å². The highest BCUT2D eigenvalue weighted by Crippen LogP contribution is 2.13. The van der Waals surface area contributed by atoms with Crippen LogP contribution in [-0.4, -0.2) is 4.98 Å². The van der Waals surface area contributed by atoms with E-state index in [9.17, 15) is 0 Å². The first-order valence-electron chi connectivity index (χ1n) is 3.99. The van der Waals surface area contributed by atoms with Crippen molar-refractivity contribution >= 4 is 0 Å². The first kappa shape index (κ1) is 9.43. The fourth-order valence-electron chi connectivity index (χ4n) is 1.04. The van der Waals surface area contributed by atoms with Gasteiger partial charge in [-0.25, -0.2) is 0 Å². The molecule has 1 atom stereocenters. The second-order valence-corrected chi connectivity index (χ2v) is 2.75. The van der Waals surface area contributed by atoms with Crippen molar-refractivity contribution in [1.29, 1.82) is 5.26 Å². The Balaban J connectivity index is 2.89. The topological polar surface area (TPSA) is 62.7 Å². The Morgan fingerprint density at radius 1 is 1.69 bits per heavy atom. The van der Waals surface area contributed by atoms with Gasteiger partial charge in [0.15, 0.2) is 0 Å². The minimum atomic E-state index is -0.113. The molecule has 3 heteroatoms. The number of hydrogen-bond donors (Lipinski definition) is 1. The van der Waals surface area contributed by atoms with Gasteiger partial charge in [0.25, 0.3) is 0 Å². The lowest BCUT2D eigenvalue weighted by Crippen LogP contribution is -2.09. The van der Waals surface area contributed by atoms with Crippen molar-refractivity contribution in [2.75, 3.05) is 0 Å². The number of pyridine rings is 1. The minimum Gasteiger partial charge on any atom is -0.324 e. The van der Waals surface area contributed by atoms with Gasteiger partial charge < -0.3 is 5.73 Å². The van der Waals surface area contributed by atoms with Gasteiger partial charge in [0.1, 0.15) is 6.07 Å². The summed E-state index contributed by atoms with van der Waals surface area (Å²) in [5.41, 5.74) is 7.22. The van der Waals surface area contributed by atoms with E-state index in [1.165, 1.54) is 6.20 Å². The predicted molar refractivity (Wildman–Crippen MR) is 50.7 cm³/mol. The summed E-state index contributed by atoms with van der Waals surface area (Å²) in [6, 6.07) is 3.66. The van der Waals surface area contributed by atoms with E-state index in [4.69, 9.17) is 11.0 Å². The molecule has 3 nitrogen and oxygen atoms in total. The Morgan fingerprint density at radius 3 is 3.08 bits per heavy atom. The molecule has 0 saturated heterocycles. The molecule has 0 aliphatic carbocycles. The van der Waals surface area contributed by atoms with Crippen molar-refractivity contribution in [3.63, 3.8) is 0 Å². The number of nitrogens with zero attached hydrogens (tertiary/aromatic N) is 2. The highest BCUT2D eigenvalue weighted by Gasteiger charge is 2.04. The summed E-state index contributed by atoms with van der Waals surface area (Å²) >= 11 is 0. The van der Waals surface area contributed by atoms with E-state index in [0.717, 1.165) is 5.56 Å². The zero-order chi connectivity index (χ0) is 9.68. The summed E-state index contributed by atoms with van der Waals surface area (Å²) in [5.74, 6) is 0. The molecule has 1 heterocycles. The molecule has 1 aromatic rings. The third kappa shape index (κ3) is 2.39. The van der Waals surface area contributed by atoms with E-state index in [1.54, 1.807) is 18.3 Å². The molecule has 0 amide bonds. The molecule has 0 fully saturated rings. The molecule has 1 unspecified atom stereocenters. The maximum absolute atomic E-state index is 8.62. The molecule has 13 heavy (non-hydrogen) atoms. The van der Waals surface area contributed by atoms with Crippen LogP contribution in [0.1, 0.15) is 23.6 Å². The van der Waals surface area contributed by atoms with E-state index in [0.29, 0.717) is 12.0 Å². The largest absolute Gasteiger partial charge is 0.324 e. The van der Waals surface area contributed by atoms with Gasteiger partial charge in [0.05, 0.1) is 5.56 Å². The van der Waals surface area contributed by atoms with Crippen molar-refractivity contribution in [3.8, 4) is 6.07 Å². The predicted octanol–water partition coefficient (Wildman–Crippen LogP) is 1.53. The zero-order valence-electron chi connectivity index (χ0n) is 7.27. The van der Waals surface area contributed by atoms with Gasteiger partial charge in [-0.05, 0) is 18.1 Å². The van der Waals surface area contributed by atoms with Gasteiger partial charge >= 0.3 is 0 Å². The van der Waals surface area contributed by atoms with E-state index < -0.39 is 0 Å². The second-order valence-electron chi connectivity index (χ2n) is 2.75. The Labute approximate surface area is 77.5 Å². The number of hydrogen-bond acceptors (Lipinski definition) is 3. The third-order valence-corrected chi connectivity index (χ3v) is 1.74. The highest BCUT2D eigenvalue weighted by molar-refractivity contribution is 5.30. The van der Waals surface area contributed by atoms with E-state index in [-0.39, 0.29) is 6.04 Å². The van der Waals surface area contributed by atoms with Crippen LogP contribution in [0.25, 0.3) is 0 Å². The lowest BCUT2D eigenvalue weighted by atomic mass is 10.1. The number of rotatable bonds is 3. The standard InChI is InChI=1S/C10H11N3/c1-2-3-10(12)9-4-8(5-11)6-13-7-9/h2,4,6-7,10H,1,3,12H2. The smallest absolute Gasteiger partial charge is 0.101 e. The molecular formula is C10H11N3. The average molecular weight is 173 g/mol. The summed E-state index contributed by atoms with van der Waals surface area (Å²) in [7, 11) is 0. The summed E-state index contributed by atoms with van der Waals surface area (Å²) in [6.45, 7) is 3.60. The minimum absolute atomic E-state index is 0.113. The van der Waals surface area contributed by atoms with Crippen LogP contribution in [-0.2, 0) is 0 Å². The van der Waals surface area contributed by atoms with E-state index in [2.05, 4.69) is 11.6 Å². The molecule has 1 rings (SSSR count).